The number of carbonyl (C=O) groups is 2. The summed E-state index contributed by atoms with van der Waals surface area (Å²) in [4.78, 5) is 27.0. The highest BCUT2D eigenvalue weighted by Gasteiger charge is 2.65. The van der Waals surface area contributed by atoms with Gasteiger partial charge in [-0.2, -0.15) is 0 Å². The van der Waals surface area contributed by atoms with Crippen LogP contribution < -0.4 is 5.32 Å². The van der Waals surface area contributed by atoms with Crippen molar-refractivity contribution in [2.24, 2.45) is 10.8 Å². The summed E-state index contributed by atoms with van der Waals surface area (Å²) in [5.41, 5.74) is 0.255. The zero-order valence-corrected chi connectivity index (χ0v) is 13.6. The van der Waals surface area contributed by atoms with Crippen molar-refractivity contribution in [3.63, 3.8) is 0 Å². The number of urea groups is 1. The summed E-state index contributed by atoms with van der Waals surface area (Å²) in [5, 5.41) is 12.1. The molecular weight excluding hydrogens is 270 g/mol. The number of hydrogen-bond acceptors (Lipinski definition) is 3. The monoisotopic (exact) mass is 297 g/mol. The van der Waals surface area contributed by atoms with Gasteiger partial charge in [0, 0.05) is 32.2 Å². The zero-order valence-electron chi connectivity index (χ0n) is 13.6. The molecule has 1 aliphatic carbocycles. The van der Waals surface area contributed by atoms with Crippen LogP contribution in [-0.4, -0.2) is 65.2 Å². The predicted molar refractivity (Wildman–Crippen MR) is 80.1 cm³/mol. The first-order valence-electron chi connectivity index (χ1n) is 7.61. The van der Waals surface area contributed by atoms with Gasteiger partial charge in [0.05, 0.1) is 0 Å². The maximum Gasteiger partial charge on any atom is 0.320 e. The van der Waals surface area contributed by atoms with Gasteiger partial charge in [0.2, 0.25) is 0 Å². The second-order valence-corrected chi connectivity index (χ2v) is 7.36. The van der Waals surface area contributed by atoms with Gasteiger partial charge in [0.15, 0.2) is 0 Å². The number of aliphatic carboxylic acids is 1. The van der Waals surface area contributed by atoms with Crippen molar-refractivity contribution >= 4 is 12.0 Å². The molecule has 0 radical (unpaired) electrons. The largest absolute Gasteiger partial charge is 0.480 e. The third-order valence-corrected chi connectivity index (χ3v) is 5.80. The summed E-state index contributed by atoms with van der Waals surface area (Å²) in [6.45, 7) is 12.8. The maximum absolute atomic E-state index is 12.3. The number of piperazine rings is 1. The average molecular weight is 297 g/mol. The molecule has 6 nitrogen and oxygen atoms in total. The van der Waals surface area contributed by atoms with Crippen LogP contribution in [-0.2, 0) is 4.79 Å². The predicted octanol–water partition coefficient (Wildman–Crippen LogP) is 1.22. The molecule has 21 heavy (non-hydrogen) atoms. The first-order valence-corrected chi connectivity index (χ1v) is 7.61. The van der Waals surface area contributed by atoms with E-state index in [9.17, 15) is 9.59 Å². The molecule has 1 aliphatic heterocycles. The number of hydrogen-bond donors (Lipinski definition) is 2. The molecule has 2 amide bonds. The van der Waals surface area contributed by atoms with Gasteiger partial charge in [-0.1, -0.05) is 27.7 Å². The Morgan fingerprint density at radius 2 is 1.57 bits per heavy atom. The molecule has 2 rings (SSSR count). The van der Waals surface area contributed by atoms with Gasteiger partial charge in [0.1, 0.15) is 6.04 Å². The number of nitrogens with one attached hydrogen (secondary N) is 1. The minimum atomic E-state index is -0.811. The molecule has 1 atom stereocenters. The number of rotatable bonds is 3. The maximum atomic E-state index is 12.3. The molecule has 2 aliphatic rings. The van der Waals surface area contributed by atoms with Crippen LogP contribution in [0.15, 0.2) is 0 Å². The molecule has 0 aromatic carbocycles. The van der Waals surface area contributed by atoms with Crippen LogP contribution in [0.3, 0.4) is 0 Å². The van der Waals surface area contributed by atoms with Gasteiger partial charge in [-0.05, 0) is 17.8 Å². The third-order valence-electron chi connectivity index (χ3n) is 5.80. The molecular formula is C15H27N3O3. The van der Waals surface area contributed by atoms with Crippen LogP contribution >= 0.6 is 0 Å². The van der Waals surface area contributed by atoms with E-state index in [0.29, 0.717) is 26.2 Å². The van der Waals surface area contributed by atoms with Crippen molar-refractivity contribution in [1.29, 1.82) is 0 Å². The summed E-state index contributed by atoms with van der Waals surface area (Å²) in [6.07, 6.45) is 0. The average Bonchev–Trinajstić information content (AvgIpc) is 2.80. The molecule has 0 spiro atoms. The second kappa shape index (κ2) is 5.16. The van der Waals surface area contributed by atoms with Crippen molar-refractivity contribution < 1.29 is 14.7 Å². The van der Waals surface area contributed by atoms with E-state index in [4.69, 9.17) is 5.11 Å². The number of carboxylic acids is 1. The van der Waals surface area contributed by atoms with Crippen molar-refractivity contribution in [3.8, 4) is 0 Å². The van der Waals surface area contributed by atoms with Crippen LogP contribution in [0.25, 0.3) is 0 Å². The topological polar surface area (TPSA) is 72.9 Å². The highest BCUT2D eigenvalue weighted by Crippen LogP contribution is 2.62. The molecule has 1 saturated carbocycles. The molecule has 1 unspecified atom stereocenters. The Morgan fingerprint density at radius 3 is 1.95 bits per heavy atom. The minimum Gasteiger partial charge on any atom is -0.480 e. The van der Waals surface area contributed by atoms with E-state index in [-0.39, 0.29) is 22.9 Å². The van der Waals surface area contributed by atoms with Gasteiger partial charge in [0.25, 0.3) is 0 Å². The molecule has 6 heteroatoms. The smallest absolute Gasteiger partial charge is 0.320 e. The fraction of sp³-hybridized carbons (Fsp3) is 0.867. The van der Waals surface area contributed by atoms with E-state index in [2.05, 4.69) is 33.0 Å². The van der Waals surface area contributed by atoms with Crippen LogP contribution in [0, 0.1) is 10.8 Å². The highest BCUT2D eigenvalue weighted by molar-refractivity contribution is 5.76. The highest BCUT2D eigenvalue weighted by atomic mass is 16.4. The van der Waals surface area contributed by atoms with Crippen LogP contribution in [0.2, 0.25) is 0 Å². The van der Waals surface area contributed by atoms with Crippen molar-refractivity contribution in [3.05, 3.63) is 0 Å². The standard InChI is InChI=1S/C15H27N3O3/c1-10(11(19)20)17-6-8-18(9-7-17)13(21)16-12-14(2,3)15(12,4)5/h10,12H,6-9H2,1-5H3,(H,16,21)(H,19,20). The van der Waals surface area contributed by atoms with Crippen LogP contribution in [0.5, 0.6) is 0 Å². The van der Waals surface area contributed by atoms with Crippen molar-refractivity contribution in [1.82, 2.24) is 15.1 Å². The SMILES string of the molecule is CC(C(=O)O)N1CCN(C(=O)NC2C(C)(C)C2(C)C)CC1. The molecule has 0 aromatic heterocycles. The number of carbonyl (C=O) groups excluding carboxylic acids is 1. The number of carboxylic acid groups (broad SMARTS) is 1. The van der Waals surface area contributed by atoms with E-state index in [1.807, 2.05) is 4.90 Å². The van der Waals surface area contributed by atoms with E-state index in [1.54, 1.807) is 11.8 Å². The molecule has 1 saturated heterocycles. The third kappa shape index (κ3) is 2.73. The fourth-order valence-electron chi connectivity index (χ4n) is 3.24. The molecule has 2 N–H and O–H groups in total. The summed E-state index contributed by atoms with van der Waals surface area (Å²) >= 11 is 0. The lowest BCUT2D eigenvalue weighted by molar-refractivity contribution is -0.143. The Balaban J connectivity index is 1.83. The minimum absolute atomic E-state index is 0.0266. The van der Waals surface area contributed by atoms with Gasteiger partial charge in [-0.3, -0.25) is 9.69 Å². The quantitative estimate of drug-likeness (QED) is 0.821. The van der Waals surface area contributed by atoms with E-state index in [1.165, 1.54) is 0 Å². The van der Waals surface area contributed by atoms with Crippen molar-refractivity contribution in [2.45, 2.75) is 46.7 Å². The first-order chi connectivity index (χ1) is 9.59. The Hall–Kier alpha value is -1.30. The van der Waals surface area contributed by atoms with E-state index in [0.717, 1.165) is 0 Å². The molecule has 0 bridgehead atoms. The van der Waals surface area contributed by atoms with Gasteiger partial charge in [-0.15, -0.1) is 0 Å². The normalized spacial score (nSPS) is 26.2. The first kappa shape index (κ1) is 16.1. The summed E-state index contributed by atoms with van der Waals surface area (Å²) in [5.74, 6) is -0.811. The lowest BCUT2D eigenvalue weighted by Gasteiger charge is -2.36. The van der Waals surface area contributed by atoms with Crippen LogP contribution in [0.4, 0.5) is 4.79 Å². The van der Waals surface area contributed by atoms with Gasteiger partial charge < -0.3 is 15.3 Å². The molecule has 1 heterocycles. The van der Waals surface area contributed by atoms with E-state index < -0.39 is 12.0 Å². The Morgan fingerprint density at radius 1 is 1.10 bits per heavy atom. The zero-order chi connectivity index (χ0) is 16.0. The Bertz CT molecular complexity index is 425. The fourth-order valence-corrected chi connectivity index (χ4v) is 3.24. The lowest BCUT2D eigenvalue weighted by atomic mass is 10.0. The van der Waals surface area contributed by atoms with Crippen molar-refractivity contribution in [2.75, 3.05) is 26.2 Å². The second-order valence-electron chi connectivity index (χ2n) is 7.36. The lowest BCUT2D eigenvalue weighted by Crippen LogP contribution is -2.55. The molecule has 120 valence electrons. The summed E-state index contributed by atoms with van der Waals surface area (Å²) in [7, 11) is 0. The summed E-state index contributed by atoms with van der Waals surface area (Å²) in [6, 6.07) is -0.314. The molecule has 2 fully saturated rings. The Kier molecular flexibility index (Phi) is 3.95. The molecule has 0 aromatic rings. The number of amides is 2. The summed E-state index contributed by atoms with van der Waals surface area (Å²) < 4.78 is 0. The Labute approximate surface area is 126 Å². The number of nitrogens with zero attached hydrogens (tertiary/aromatic N) is 2. The van der Waals surface area contributed by atoms with E-state index >= 15 is 0 Å². The van der Waals surface area contributed by atoms with Gasteiger partial charge in [-0.25, -0.2) is 4.79 Å². The van der Waals surface area contributed by atoms with Gasteiger partial charge >= 0.3 is 12.0 Å². The van der Waals surface area contributed by atoms with Crippen LogP contribution in [0.1, 0.15) is 34.6 Å².